The van der Waals surface area contributed by atoms with Crippen LogP contribution in [0.5, 0.6) is 0 Å². The molecule has 2 rings (SSSR count). The monoisotopic (exact) mass is 321 g/mol. The van der Waals surface area contributed by atoms with Gasteiger partial charge >= 0.3 is 0 Å². The Hall–Kier alpha value is -1.89. The summed E-state index contributed by atoms with van der Waals surface area (Å²) >= 11 is 0. The van der Waals surface area contributed by atoms with Crippen molar-refractivity contribution in [1.29, 1.82) is 0 Å². The molecule has 0 spiro atoms. The van der Waals surface area contributed by atoms with Gasteiger partial charge in [0, 0.05) is 11.9 Å². The van der Waals surface area contributed by atoms with E-state index in [2.05, 4.69) is 75.2 Å². The summed E-state index contributed by atoms with van der Waals surface area (Å²) in [6, 6.07) is 13.2. The minimum absolute atomic E-state index is 0.241. The highest BCUT2D eigenvalue weighted by atomic mass is 14.7. The largest absolute Gasteiger partial charge is 0.261 e. The first-order chi connectivity index (χ1) is 11.4. The van der Waals surface area contributed by atoms with Crippen LogP contribution in [0.3, 0.4) is 0 Å². The molecule has 1 aromatic heterocycles. The van der Waals surface area contributed by atoms with E-state index in [0.717, 1.165) is 6.42 Å². The molecule has 2 aromatic rings. The van der Waals surface area contributed by atoms with Crippen molar-refractivity contribution in [3.05, 3.63) is 71.1 Å². The first-order valence-electron chi connectivity index (χ1n) is 9.13. The maximum atomic E-state index is 4.47. The van der Waals surface area contributed by atoms with Crippen LogP contribution in [0, 0.1) is 12.3 Å². The Morgan fingerprint density at radius 2 is 1.62 bits per heavy atom. The molecule has 1 heterocycles. The maximum absolute atomic E-state index is 4.47. The molecule has 1 heteroatoms. The van der Waals surface area contributed by atoms with Crippen molar-refractivity contribution >= 4 is 6.08 Å². The van der Waals surface area contributed by atoms with Crippen molar-refractivity contribution in [1.82, 2.24) is 4.98 Å². The minimum Gasteiger partial charge on any atom is -0.261 e. The number of rotatable bonds is 7. The predicted molar refractivity (Wildman–Crippen MR) is 105 cm³/mol. The highest BCUT2D eigenvalue weighted by Gasteiger charge is 2.03. The molecule has 0 aliphatic rings. The molecule has 0 saturated heterocycles. The Morgan fingerprint density at radius 1 is 0.917 bits per heavy atom. The lowest BCUT2D eigenvalue weighted by Crippen LogP contribution is -1.98. The van der Waals surface area contributed by atoms with Crippen LogP contribution >= 0.6 is 0 Å². The van der Waals surface area contributed by atoms with Gasteiger partial charge in [-0.25, -0.2) is 0 Å². The molecular weight excluding hydrogens is 290 g/mol. The summed E-state index contributed by atoms with van der Waals surface area (Å²) < 4.78 is 0. The van der Waals surface area contributed by atoms with Crippen molar-refractivity contribution in [3.63, 3.8) is 0 Å². The molecule has 0 saturated carbocycles. The third kappa shape index (κ3) is 6.70. The van der Waals surface area contributed by atoms with Gasteiger partial charge in [0.25, 0.3) is 0 Å². The Bertz CT molecular complexity index is 644. The van der Waals surface area contributed by atoms with E-state index in [0.29, 0.717) is 0 Å². The molecule has 24 heavy (non-hydrogen) atoms. The van der Waals surface area contributed by atoms with Gasteiger partial charge in [0.2, 0.25) is 0 Å². The zero-order chi connectivity index (χ0) is 17.4. The van der Waals surface area contributed by atoms with Crippen molar-refractivity contribution in [2.24, 2.45) is 5.41 Å². The van der Waals surface area contributed by atoms with Crippen molar-refractivity contribution in [2.45, 2.75) is 59.8 Å². The Labute approximate surface area is 147 Å². The second kappa shape index (κ2) is 8.82. The standard InChI is InChI=1S/C23H31N/c1-19-9-8-18-24-22(19)11-7-5-6-10-20-12-14-21(15-13-20)16-17-23(2,3)4/h8-9,12-18H,5-7,10-11H2,1-4H3/b17-16+. The number of pyridine rings is 1. The lowest BCUT2D eigenvalue weighted by Gasteiger charge is -2.11. The molecule has 0 unspecified atom stereocenters. The highest BCUT2D eigenvalue weighted by molar-refractivity contribution is 5.50. The second-order valence-electron chi connectivity index (χ2n) is 7.77. The van der Waals surface area contributed by atoms with Gasteiger partial charge in [0.1, 0.15) is 0 Å². The molecule has 1 nitrogen and oxygen atoms in total. The van der Waals surface area contributed by atoms with Crippen LogP contribution in [0.2, 0.25) is 0 Å². The fourth-order valence-corrected chi connectivity index (χ4v) is 2.72. The van der Waals surface area contributed by atoms with E-state index in [4.69, 9.17) is 0 Å². The molecule has 1 aromatic carbocycles. The summed E-state index contributed by atoms with van der Waals surface area (Å²) in [6.07, 6.45) is 12.4. The van der Waals surface area contributed by atoms with E-state index < -0.39 is 0 Å². The zero-order valence-corrected chi connectivity index (χ0v) is 15.7. The number of benzene rings is 1. The van der Waals surface area contributed by atoms with Crippen LogP contribution in [0.25, 0.3) is 6.08 Å². The highest BCUT2D eigenvalue weighted by Crippen LogP contribution is 2.18. The Morgan fingerprint density at radius 3 is 2.29 bits per heavy atom. The van der Waals surface area contributed by atoms with Gasteiger partial charge in [-0.1, -0.05) is 69.7 Å². The van der Waals surface area contributed by atoms with Crippen LogP contribution in [0.1, 0.15) is 62.4 Å². The van der Waals surface area contributed by atoms with E-state index in [1.807, 2.05) is 12.3 Å². The number of aromatic nitrogens is 1. The summed E-state index contributed by atoms with van der Waals surface area (Å²) in [5.41, 5.74) is 5.55. The number of allylic oxidation sites excluding steroid dienone is 1. The molecule has 0 N–H and O–H groups in total. The topological polar surface area (TPSA) is 12.9 Å². The van der Waals surface area contributed by atoms with E-state index in [1.165, 1.54) is 48.1 Å². The van der Waals surface area contributed by atoms with Gasteiger partial charge in [-0.2, -0.15) is 0 Å². The third-order valence-corrected chi connectivity index (χ3v) is 4.25. The molecule has 0 aliphatic heterocycles. The quantitative estimate of drug-likeness (QED) is 0.537. The average molecular weight is 322 g/mol. The summed E-state index contributed by atoms with van der Waals surface area (Å²) in [5.74, 6) is 0. The number of nitrogens with zero attached hydrogens (tertiary/aromatic N) is 1. The predicted octanol–water partition coefficient (Wildman–Crippen LogP) is 6.40. The SMILES string of the molecule is Cc1cccnc1CCCCCc1ccc(/C=C/C(C)(C)C)cc1. The number of hydrogen-bond acceptors (Lipinski definition) is 1. The van der Waals surface area contributed by atoms with Crippen LogP contribution in [-0.2, 0) is 12.8 Å². The minimum atomic E-state index is 0.241. The molecule has 0 amide bonds. The summed E-state index contributed by atoms with van der Waals surface area (Å²) in [4.78, 5) is 4.47. The fourth-order valence-electron chi connectivity index (χ4n) is 2.72. The fraction of sp³-hybridized carbons (Fsp3) is 0.435. The van der Waals surface area contributed by atoms with E-state index in [1.54, 1.807) is 0 Å². The second-order valence-corrected chi connectivity index (χ2v) is 7.77. The van der Waals surface area contributed by atoms with Crippen molar-refractivity contribution < 1.29 is 0 Å². The van der Waals surface area contributed by atoms with Gasteiger partial charge in [0.05, 0.1) is 0 Å². The number of hydrogen-bond donors (Lipinski definition) is 0. The van der Waals surface area contributed by atoms with Gasteiger partial charge in [0.15, 0.2) is 0 Å². The van der Waals surface area contributed by atoms with Crippen LogP contribution in [0.15, 0.2) is 48.7 Å². The van der Waals surface area contributed by atoms with E-state index in [9.17, 15) is 0 Å². The first kappa shape index (κ1) is 18.4. The van der Waals surface area contributed by atoms with E-state index in [-0.39, 0.29) is 5.41 Å². The smallest absolute Gasteiger partial charge is 0.0432 e. The Kier molecular flexibility index (Phi) is 6.78. The molecular formula is C23H31N. The van der Waals surface area contributed by atoms with Gasteiger partial charge in [-0.05, 0) is 60.8 Å². The lowest BCUT2D eigenvalue weighted by molar-refractivity contribution is 0.547. The van der Waals surface area contributed by atoms with E-state index >= 15 is 0 Å². The van der Waals surface area contributed by atoms with Crippen molar-refractivity contribution in [3.8, 4) is 0 Å². The van der Waals surface area contributed by atoms with Gasteiger partial charge in [-0.3, -0.25) is 4.98 Å². The summed E-state index contributed by atoms with van der Waals surface area (Å²) in [7, 11) is 0. The molecule has 0 bridgehead atoms. The van der Waals surface area contributed by atoms with Crippen LogP contribution in [-0.4, -0.2) is 4.98 Å². The molecule has 0 fully saturated rings. The molecule has 0 atom stereocenters. The molecule has 0 aliphatic carbocycles. The first-order valence-corrected chi connectivity index (χ1v) is 9.13. The van der Waals surface area contributed by atoms with Gasteiger partial charge in [-0.15, -0.1) is 0 Å². The van der Waals surface area contributed by atoms with Crippen molar-refractivity contribution in [2.75, 3.05) is 0 Å². The normalized spacial score (nSPS) is 12.0. The van der Waals surface area contributed by atoms with Gasteiger partial charge < -0.3 is 0 Å². The summed E-state index contributed by atoms with van der Waals surface area (Å²) in [5, 5.41) is 0. The summed E-state index contributed by atoms with van der Waals surface area (Å²) in [6.45, 7) is 8.83. The average Bonchev–Trinajstić information content (AvgIpc) is 2.55. The number of unbranched alkanes of at least 4 members (excludes halogenated alkanes) is 2. The van der Waals surface area contributed by atoms with Crippen LogP contribution < -0.4 is 0 Å². The third-order valence-electron chi connectivity index (χ3n) is 4.25. The zero-order valence-electron chi connectivity index (χ0n) is 15.7. The lowest BCUT2D eigenvalue weighted by atomic mass is 9.95. The molecule has 128 valence electrons. The molecule has 0 radical (unpaired) electrons. The van der Waals surface area contributed by atoms with Crippen LogP contribution in [0.4, 0.5) is 0 Å². The maximum Gasteiger partial charge on any atom is 0.0432 e. The Balaban J connectivity index is 1.71. The number of aryl methyl sites for hydroxylation is 3.